The van der Waals surface area contributed by atoms with Crippen molar-refractivity contribution < 1.29 is 9.53 Å². The predicted octanol–water partition coefficient (Wildman–Crippen LogP) is 1.46. The third kappa shape index (κ3) is 2.57. The summed E-state index contributed by atoms with van der Waals surface area (Å²) in [6.07, 6.45) is 2.64. The molecule has 9 heteroatoms. The van der Waals surface area contributed by atoms with Crippen molar-refractivity contribution in [1.29, 1.82) is 0 Å². The summed E-state index contributed by atoms with van der Waals surface area (Å²) < 4.78 is 7.82. The van der Waals surface area contributed by atoms with Gasteiger partial charge in [-0.15, -0.1) is 5.10 Å². The minimum Gasteiger partial charge on any atom is -0.370 e. The molecule has 4 rings (SSSR count). The zero-order chi connectivity index (χ0) is 16.7. The van der Waals surface area contributed by atoms with E-state index in [4.69, 9.17) is 4.74 Å². The number of nitrogens with zero attached hydrogens (tertiary/aromatic N) is 5. The van der Waals surface area contributed by atoms with Crippen LogP contribution < -0.4 is 5.32 Å². The van der Waals surface area contributed by atoms with Crippen LogP contribution in [0.15, 0.2) is 6.20 Å². The van der Waals surface area contributed by atoms with E-state index in [0.29, 0.717) is 24.6 Å². The van der Waals surface area contributed by atoms with E-state index in [9.17, 15) is 4.79 Å². The van der Waals surface area contributed by atoms with Gasteiger partial charge < -0.3 is 15.0 Å². The number of aromatic nitrogens is 4. The Labute approximate surface area is 143 Å². The Morgan fingerprint density at radius 3 is 3.25 bits per heavy atom. The number of aryl methyl sites for hydroxylation is 1. The van der Waals surface area contributed by atoms with E-state index < -0.39 is 0 Å². The number of amides is 1. The maximum Gasteiger partial charge on any atom is 0.266 e. The molecule has 1 amide bonds. The Morgan fingerprint density at radius 2 is 2.42 bits per heavy atom. The van der Waals surface area contributed by atoms with Crippen molar-refractivity contribution >= 4 is 22.4 Å². The number of likely N-dealkylation sites (tertiary alicyclic amines) is 1. The van der Waals surface area contributed by atoms with Crippen LogP contribution in [0, 0.1) is 6.92 Å². The molecule has 2 aromatic rings. The van der Waals surface area contributed by atoms with Crippen LogP contribution in [0.4, 0.5) is 5.13 Å². The summed E-state index contributed by atoms with van der Waals surface area (Å²) >= 11 is 1.42. The quantitative estimate of drug-likeness (QED) is 0.904. The number of hydrogen-bond acceptors (Lipinski definition) is 7. The summed E-state index contributed by atoms with van der Waals surface area (Å²) in [5, 5.41) is 12.1. The number of piperidine rings is 1. The summed E-state index contributed by atoms with van der Waals surface area (Å²) in [7, 11) is 0. The number of fused-ring (bicyclic) bond motifs is 3. The molecular formula is C15H20N6O2S. The fourth-order valence-corrected chi connectivity index (χ4v) is 4.33. The van der Waals surface area contributed by atoms with E-state index in [1.165, 1.54) is 11.3 Å². The van der Waals surface area contributed by atoms with Gasteiger partial charge in [-0.25, -0.2) is 9.67 Å². The molecule has 4 heterocycles. The zero-order valence-corrected chi connectivity index (χ0v) is 14.5. The summed E-state index contributed by atoms with van der Waals surface area (Å²) in [6, 6.07) is 0.0374. The molecule has 0 saturated carbocycles. The van der Waals surface area contributed by atoms with Crippen molar-refractivity contribution in [3.05, 3.63) is 22.5 Å². The van der Waals surface area contributed by atoms with Gasteiger partial charge in [0.25, 0.3) is 5.91 Å². The zero-order valence-electron chi connectivity index (χ0n) is 13.7. The highest BCUT2D eigenvalue weighted by Crippen LogP contribution is 2.32. The molecule has 0 bridgehead atoms. The Bertz CT molecular complexity index is 757. The van der Waals surface area contributed by atoms with Crippen molar-refractivity contribution in [3.8, 4) is 0 Å². The van der Waals surface area contributed by atoms with Crippen LogP contribution in [0.3, 0.4) is 0 Å². The maximum atomic E-state index is 12.9. The summed E-state index contributed by atoms with van der Waals surface area (Å²) in [5.41, 5.74) is 1.75. The molecule has 0 unspecified atom stereocenters. The molecule has 2 aliphatic heterocycles. The van der Waals surface area contributed by atoms with Crippen molar-refractivity contribution in [2.75, 3.05) is 25.0 Å². The maximum absolute atomic E-state index is 12.9. The second-order valence-corrected chi connectivity index (χ2v) is 7.09. The van der Waals surface area contributed by atoms with Crippen LogP contribution in [0.2, 0.25) is 0 Å². The molecule has 0 radical (unpaired) electrons. The van der Waals surface area contributed by atoms with E-state index in [0.717, 1.165) is 29.5 Å². The molecule has 1 saturated heterocycles. The van der Waals surface area contributed by atoms with Gasteiger partial charge in [0.1, 0.15) is 4.88 Å². The molecule has 2 atom stereocenters. The van der Waals surface area contributed by atoms with Gasteiger partial charge >= 0.3 is 0 Å². The number of anilines is 1. The molecule has 2 aromatic heterocycles. The first-order valence-electron chi connectivity index (χ1n) is 8.18. The molecule has 24 heavy (non-hydrogen) atoms. The first-order valence-corrected chi connectivity index (χ1v) is 9.00. The third-order valence-electron chi connectivity index (χ3n) is 4.53. The fraction of sp³-hybridized carbons (Fsp3) is 0.600. The lowest BCUT2D eigenvalue weighted by molar-refractivity contribution is -0.0604. The fourth-order valence-electron chi connectivity index (χ4n) is 3.33. The predicted molar refractivity (Wildman–Crippen MR) is 89.2 cm³/mol. The third-order valence-corrected chi connectivity index (χ3v) is 5.64. The highest BCUT2D eigenvalue weighted by atomic mass is 32.1. The lowest BCUT2D eigenvalue weighted by Crippen LogP contribution is -2.49. The molecule has 0 spiro atoms. The monoisotopic (exact) mass is 348 g/mol. The van der Waals surface area contributed by atoms with E-state index in [1.54, 1.807) is 6.20 Å². The normalized spacial score (nSPS) is 22.8. The SMILES string of the molecule is CCNc1nc(C)c(C(=O)N2CC[C@@H]3OCc4cnnn4[C@H]3C2)s1. The van der Waals surface area contributed by atoms with Gasteiger partial charge in [-0.2, -0.15) is 0 Å². The van der Waals surface area contributed by atoms with E-state index in [-0.39, 0.29) is 18.1 Å². The largest absolute Gasteiger partial charge is 0.370 e. The Morgan fingerprint density at radius 1 is 1.54 bits per heavy atom. The molecule has 8 nitrogen and oxygen atoms in total. The number of hydrogen-bond donors (Lipinski definition) is 1. The van der Waals surface area contributed by atoms with E-state index >= 15 is 0 Å². The van der Waals surface area contributed by atoms with Gasteiger partial charge in [0.05, 0.1) is 36.3 Å². The van der Waals surface area contributed by atoms with Gasteiger partial charge in [-0.05, 0) is 20.3 Å². The first-order chi connectivity index (χ1) is 11.7. The first kappa shape index (κ1) is 15.5. The Hall–Kier alpha value is -2.00. The van der Waals surface area contributed by atoms with Crippen LogP contribution in [-0.4, -0.2) is 56.5 Å². The standard InChI is InChI=1S/C15H20N6O2S/c1-3-16-15-18-9(2)13(24-15)14(22)20-5-4-12-11(7-20)21-10(8-23-12)6-17-19-21/h6,11-12H,3-5,7-8H2,1-2H3,(H,16,18)/t11-,12-/m0/s1. The molecule has 1 fully saturated rings. The Balaban J connectivity index is 1.55. The number of rotatable bonds is 3. The summed E-state index contributed by atoms with van der Waals surface area (Å²) in [4.78, 5) is 20.0. The molecule has 128 valence electrons. The van der Waals surface area contributed by atoms with Gasteiger partial charge in [0, 0.05) is 19.6 Å². The highest BCUT2D eigenvalue weighted by molar-refractivity contribution is 7.17. The highest BCUT2D eigenvalue weighted by Gasteiger charge is 2.38. The van der Waals surface area contributed by atoms with Crippen LogP contribution in [-0.2, 0) is 11.3 Å². The lowest BCUT2D eigenvalue weighted by atomic mass is 10.00. The molecule has 2 aliphatic rings. The van der Waals surface area contributed by atoms with Crippen molar-refractivity contribution in [1.82, 2.24) is 24.9 Å². The van der Waals surface area contributed by atoms with Gasteiger partial charge in [0.2, 0.25) is 0 Å². The number of nitrogens with one attached hydrogen (secondary N) is 1. The van der Waals surface area contributed by atoms with Crippen molar-refractivity contribution in [3.63, 3.8) is 0 Å². The number of ether oxygens (including phenoxy) is 1. The van der Waals surface area contributed by atoms with Gasteiger partial charge in [-0.1, -0.05) is 16.6 Å². The minimum absolute atomic E-state index is 0.0374. The summed E-state index contributed by atoms with van der Waals surface area (Å²) in [6.45, 7) is 6.52. The molecular weight excluding hydrogens is 328 g/mol. The average Bonchev–Trinajstić information content (AvgIpc) is 3.20. The number of carbonyl (C=O) groups is 1. The molecule has 0 aliphatic carbocycles. The molecule has 1 N–H and O–H groups in total. The van der Waals surface area contributed by atoms with Gasteiger partial charge in [-0.3, -0.25) is 4.79 Å². The topological polar surface area (TPSA) is 85.2 Å². The second kappa shape index (κ2) is 6.14. The number of thiazole rings is 1. The minimum atomic E-state index is 0.0374. The van der Waals surface area contributed by atoms with Crippen LogP contribution in [0.25, 0.3) is 0 Å². The van der Waals surface area contributed by atoms with Crippen LogP contribution >= 0.6 is 11.3 Å². The second-order valence-electron chi connectivity index (χ2n) is 6.09. The van der Waals surface area contributed by atoms with Crippen molar-refractivity contribution in [2.24, 2.45) is 0 Å². The number of carbonyl (C=O) groups excluding carboxylic acids is 1. The van der Waals surface area contributed by atoms with Crippen LogP contribution in [0.1, 0.15) is 40.4 Å². The Kier molecular flexibility index (Phi) is 3.97. The average molecular weight is 348 g/mol. The van der Waals surface area contributed by atoms with E-state index in [2.05, 4.69) is 20.6 Å². The molecule has 0 aromatic carbocycles. The smallest absolute Gasteiger partial charge is 0.266 e. The summed E-state index contributed by atoms with van der Waals surface area (Å²) in [5.74, 6) is 0.0415. The van der Waals surface area contributed by atoms with Gasteiger partial charge in [0.15, 0.2) is 5.13 Å². The van der Waals surface area contributed by atoms with Crippen LogP contribution in [0.5, 0.6) is 0 Å². The van der Waals surface area contributed by atoms with Crippen molar-refractivity contribution in [2.45, 2.75) is 39.0 Å². The lowest BCUT2D eigenvalue weighted by Gasteiger charge is -2.40. The van der Waals surface area contributed by atoms with E-state index in [1.807, 2.05) is 23.4 Å².